The zero-order valence-electron chi connectivity index (χ0n) is 11.8. The van der Waals surface area contributed by atoms with E-state index in [-0.39, 0.29) is 0 Å². The van der Waals surface area contributed by atoms with Crippen molar-refractivity contribution in [1.82, 2.24) is 9.27 Å². The van der Waals surface area contributed by atoms with E-state index in [9.17, 15) is 0 Å². The average molecular weight is 294 g/mol. The first-order valence-corrected chi connectivity index (χ1v) is 8.42. The Hall–Kier alpha value is -0.850. The van der Waals surface area contributed by atoms with Crippen molar-refractivity contribution < 1.29 is 4.74 Å². The van der Waals surface area contributed by atoms with Crippen molar-refractivity contribution in [3.63, 3.8) is 0 Å². The van der Waals surface area contributed by atoms with Gasteiger partial charge in [0.15, 0.2) is 0 Å². The molecule has 0 amide bonds. The maximum atomic E-state index is 6.07. The van der Waals surface area contributed by atoms with Gasteiger partial charge in [-0.25, -0.2) is 0 Å². The van der Waals surface area contributed by atoms with Gasteiger partial charge >= 0.3 is 0 Å². The molecule has 0 radical (unpaired) electrons. The summed E-state index contributed by atoms with van der Waals surface area (Å²) in [4.78, 5) is 5.10. The van der Waals surface area contributed by atoms with Gasteiger partial charge in [0, 0.05) is 37.8 Å². The van der Waals surface area contributed by atoms with Crippen LogP contribution in [0.3, 0.4) is 0 Å². The molecule has 3 fully saturated rings. The Kier molecular flexibility index (Phi) is 3.32. The number of anilines is 2. The van der Waals surface area contributed by atoms with Crippen molar-refractivity contribution in [3.8, 4) is 0 Å². The van der Waals surface area contributed by atoms with E-state index in [1.165, 1.54) is 29.8 Å². The van der Waals surface area contributed by atoms with E-state index in [0.717, 1.165) is 45.2 Å². The predicted molar refractivity (Wildman–Crippen MR) is 81.5 cm³/mol. The Morgan fingerprint density at radius 3 is 2.70 bits per heavy atom. The van der Waals surface area contributed by atoms with E-state index in [1.807, 2.05) is 0 Å². The number of hydrogen-bond donors (Lipinski definition) is 1. The molecule has 0 aromatic carbocycles. The largest absolute Gasteiger partial charge is 0.383 e. The lowest BCUT2D eigenvalue weighted by Crippen LogP contribution is -2.44. The Balaban J connectivity index is 1.47. The molecule has 6 heteroatoms. The van der Waals surface area contributed by atoms with Crippen molar-refractivity contribution in [2.75, 3.05) is 50.0 Å². The van der Waals surface area contributed by atoms with E-state index >= 15 is 0 Å². The lowest BCUT2D eigenvalue weighted by atomic mass is 10.2. The first-order valence-electron chi connectivity index (χ1n) is 7.64. The number of ether oxygens (including phenoxy) is 1. The van der Waals surface area contributed by atoms with E-state index < -0.39 is 0 Å². The number of hydrogen-bond acceptors (Lipinski definition) is 6. The molecule has 2 saturated heterocycles. The van der Waals surface area contributed by atoms with Gasteiger partial charge in [-0.1, -0.05) is 0 Å². The maximum absolute atomic E-state index is 6.07. The quantitative estimate of drug-likeness (QED) is 0.916. The van der Waals surface area contributed by atoms with Crippen molar-refractivity contribution in [2.24, 2.45) is 0 Å². The van der Waals surface area contributed by atoms with Crippen molar-refractivity contribution in [3.05, 3.63) is 5.56 Å². The van der Waals surface area contributed by atoms with Crippen LogP contribution in [0, 0.1) is 0 Å². The van der Waals surface area contributed by atoms with Gasteiger partial charge in [-0.05, 0) is 36.7 Å². The molecule has 0 spiro atoms. The molecule has 4 rings (SSSR count). The van der Waals surface area contributed by atoms with Crippen LogP contribution in [0.5, 0.6) is 0 Å². The fourth-order valence-electron chi connectivity index (χ4n) is 3.45. The van der Waals surface area contributed by atoms with E-state index in [1.54, 1.807) is 11.5 Å². The second-order valence-corrected chi connectivity index (χ2v) is 6.85. The molecule has 1 saturated carbocycles. The SMILES string of the molecule is Nc1nsc(N2CCC(N3CCOCC3)C2)c1C1CC1. The van der Waals surface area contributed by atoms with Gasteiger partial charge in [0.2, 0.25) is 0 Å². The second kappa shape index (κ2) is 5.16. The number of morpholine rings is 1. The highest BCUT2D eigenvalue weighted by Crippen LogP contribution is 2.49. The number of nitrogen functional groups attached to an aromatic ring is 1. The van der Waals surface area contributed by atoms with Gasteiger partial charge in [-0.2, -0.15) is 4.37 Å². The van der Waals surface area contributed by atoms with E-state index in [4.69, 9.17) is 10.5 Å². The molecule has 5 nitrogen and oxygen atoms in total. The van der Waals surface area contributed by atoms with Crippen LogP contribution < -0.4 is 10.6 Å². The predicted octanol–water partition coefficient (Wildman–Crippen LogP) is 1.51. The molecule has 2 aliphatic heterocycles. The minimum atomic E-state index is 0.675. The minimum Gasteiger partial charge on any atom is -0.383 e. The lowest BCUT2D eigenvalue weighted by molar-refractivity contribution is 0.0209. The molecule has 3 heterocycles. The van der Waals surface area contributed by atoms with Gasteiger partial charge in [0.1, 0.15) is 10.8 Å². The first kappa shape index (κ1) is 12.9. The topological polar surface area (TPSA) is 54.6 Å². The Bertz CT molecular complexity index is 482. The van der Waals surface area contributed by atoms with Gasteiger partial charge in [0.05, 0.1) is 13.2 Å². The molecule has 110 valence electrons. The van der Waals surface area contributed by atoms with Gasteiger partial charge in [-0.3, -0.25) is 4.90 Å². The van der Waals surface area contributed by atoms with Crippen LogP contribution in [0.2, 0.25) is 0 Å². The third kappa shape index (κ3) is 2.29. The van der Waals surface area contributed by atoms with Crippen molar-refractivity contribution >= 4 is 22.4 Å². The normalized spacial score (nSPS) is 28.2. The molecule has 1 aromatic heterocycles. The Morgan fingerprint density at radius 2 is 1.95 bits per heavy atom. The summed E-state index contributed by atoms with van der Waals surface area (Å²) >= 11 is 1.60. The summed E-state index contributed by atoms with van der Waals surface area (Å²) in [5.74, 6) is 1.47. The smallest absolute Gasteiger partial charge is 0.142 e. The summed E-state index contributed by atoms with van der Waals surface area (Å²) in [7, 11) is 0. The van der Waals surface area contributed by atoms with Crippen LogP contribution >= 0.6 is 11.5 Å². The molecule has 3 aliphatic rings. The van der Waals surface area contributed by atoms with Crippen LogP contribution in [0.25, 0.3) is 0 Å². The van der Waals surface area contributed by atoms with Gasteiger partial charge < -0.3 is 15.4 Å². The van der Waals surface area contributed by atoms with Crippen LogP contribution in [0.4, 0.5) is 10.8 Å². The molecule has 2 N–H and O–H groups in total. The summed E-state index contributed by atoms with van der Waals surface area (Å²) in [6.45, 7) is 6.21. The Morgan fingerprint density at radius 1 is 1.15 bits per heavy atom. The van der Waals surface area contributed by atoms with Crippen LogP contribution in [-0.4, -0.2) is 54.7 Å². The fraction of sp³-hybridized carbons (Fsp3) is 0.786. The number of nitrogens with two attached hydrogens (primary N) is 1. The summed E-state index contributed by atoms with van der Waals surface area (Å²) in [6.07, 6.45) is 3.83. The number of nitrogens with zero attached hydrogens (tertiary/aromatic N) is 3. The van der Waals surface area contributed by atoms with Crippen LogP contribution in [-0.2, 0) is 4.74 Å². The van der Waals surface area contributed by atoms with E-state index in [0.29, 0.717) is 12.0 Å². The van der Waals surface area contributed by atoms with Crippen molar-refractivity contribution in [2.45, 2.75) is 31.2 Å². The fourth-order valence-corrected chi connectivity index (χ4v) is 4.39. The second-order valence-electron chi connectivity index (χ2n) is 6.10. The van der Waals surface area contributed by atoms with Crippen LogP contribution in [0.15, 0.2) is 0 Å². The summed E-state index contributed by atoms with van der Waals surface area (Å²) in [5.41, 5.74) is 7.42. The summed E-state index contributed by atoms with van der Waals surface area (Å²) < 4.78 is 9.86. The molecule has 1 atom stereocenters. The van der Waals surface area contributed by atoms with E-state index in [2.05, 4.69) is 14.2 Å². The van der Waals surface area contributed by atoms with Gasteiger partial charge in [-0.15, -0.1) is 0 Å². The number of aromatic nitrogens is 1. The maximum Gasteiger partial charge on any atom is 0.142 e. The molecule has 1 aromatic rings. The first-order chi connectivity index (χ1) is 9.83. The highest BCUT2D eigenvalue weighted by atomic mass is 32.1. The van der Waals surface area contributed by atoms with Crippen LogP contribution in [0.1, 0.15) is 30.7 Å². The summed E-state index contributed by atoms with van der Waals surface area (Å²) in [6, 6.07) is 0.675. The third-order valence-electron chi connectivity index (χ3n) is 4.74. The Labute approximate surface area is 123 Å². The highest BCUT2D eigenvalue weighted by Gasteiger charge is 2.35. The molecular weight excluding hydrogens is 272 g/mol. The lowest BCUT2D eigenvalue weighted by Gasteiger charge is -2.32. The molecular formula is C14H22N4OS. The average Bonchev–Trinajstić information content (AvgIpc) is 3.06. The molecule has 20 heavy (non-hydrogen) atoms. The molecule has 1 unspecified atom stereocenters. The number of rotatable bonds is 3. The summed E-state index contributed by atoms with van der Waals surface area (Å²) in [5, 5.41) is 1.35. The minimum absolute atomic E-state index is 0.675. The highest BCUT2D eigenvalue weighted by molar-refractivity contribution is 7.10. The third-order valence-corrected chi connectivity index (χ3v) is 5.67. The zero-order chi connectivity index (χ0) is 13.5. The monoisotopic (exact) mass is 294 g/mol. The zero-order valence-corrected chi connectivity index (χ0v) is 12.6. The van der Waals surface area contributed by atoms with Crippen molar-refractivity contribution in [1.29, 1.82) is 0 Å². The molecule has 0 bridgehead atoms. The standard InChI is InChI=1S/C14H22N4OS/c15-13-12(10-1-2-10)14(20-16-13)18-4-3-11(9-18)17-5-7-19-8-6-17/h10-11H,1-9H2,(H2,15,16). The molecule has 1 aliphatic carbocycles. The van der Waals surface area contributed by atoms with Gasteiger partial charge in [0.25, 0.3) is 0 Å².